The topological polar surface area (TPSA) is 80.3 Å². The van der Waals surface area contributed by atoms with E-state index in [-0.39, 0.29) is 17.5 Å². The first kappa shape index (κ1) is 17.1. The highest BCUT2D eigenvalue weighted by Gasteiger charge is 2.11. The molecule has 1 aromatic heterocycles. The number of unbranched alkanes of at least 4 members (excludes halogenated alkanes) is 2. The molecule has 0 radical (unpaired) electrons. The maximum atomic E-state index is 12.0. The molecule has 0 atom stereocenters. The molecule has 0 aliphatic heterocycles. The number of carbonyl (C=O) groups is 2. The van der Waals surface area contributed by atoms with Gasteiger partial charge < -0.3 is 15.4 Å². The van der Waals surface area contributed by atoms with Gasteiger partial charge in [-0.2, -0.15) is 0 Å². The Labute approximate surface area is 125 Å². The lowest BCUT2D eigenvalue weighted by Gasteiger charge is -2.07. The number of nitrogens with one attached hydrogen (secondary N) is 2. The average Bonchev–Trinajstić information content (AvgIpc) is 2.51. The Morgan fingerprint density at radius 2 is 1.95 bits per heavy atom. The van der Waals surface area contributed by atoms with Gasteiger partial charge in [0.25, 0.3) is 11.8 Å². The van der Waals surface area contributed by atoms with Gasteiger partial charge >= 0.3 is 0 Å². The second kappa shape index (κ2) is 9.88. The summed E-state index contributed by atoms with van der Waals surface area (Å²) in [6, 6.07) is 3.10. The SMILES string of the molecule is CCCCCNC(=O)c1ccnc(C(=O)NCCOC)c1. The van der Waals surface area contributed by atoms with Crippen LogP contribution in [0.2, 0.25) is 0 Å². The number of amides is 2. The molecule has 21 heavy (non-hydrogen) atoms. The van der Waals surface area contributed by atoms with Gasteiger partial charge in [0.2, 0.25) is 0 Å². The molecule has 6 heteroatoms. The number of ether oxygens (including phenoxy) is 1. The maximum absolute atomic E-state index is 12.0. The molecule has 0 aromatic carbocycles. The molecule has 2 amide bonds. The van der Waals surface area contributed by atoms with Crippen molar-refractivity contribution in [1.82, 2.24) is 15.6 Å². The van der Waals surface area contributed by atoms with Crippen molar-refractivity contribution in [2.45, 2.75) is 26.2 Å². The van der Waals surface area contributed by atoms with E-state index >= 15 is 0 Å². The van der Waals surface area contributed by atoms with Crippen LogP contribution >= 0.6 is 0 Å². The summed E-state index contributed by atoms with van der Waals surface area (Å²) in [5.74, 6) is -0.493. The molecule has 2 N–H and O–H groups in total. The Morgan fingerprint density at radius 3 is 2.67 bits per heavy atom. The number of carbonyl (C=O) groups excluding carboxylic acids is 2. The van der Waals surface area contributed by atoms with Crippen LogP contribution in [0.1, 0.15) is 47.0 Å². The van der Waals surface area contributed by atoms with Crippen molar-refractivity contribution >= 4 is 11.8 Å². The van der Waals surface area contributed by atoms with E-state index in [2.05, 4.69) is 22.5 Å². The predicted molar refractivity (Wildman–Crippen MR) is 80.3 cm³/mol. The second-order valence-corrected chi connectivity index (χ2v) is 4.64. The van der Waals surface area contributed by atoms with Gasteiger partial charge in [-0.1, -0.05) is 19.8 Å². The Bertz CT molecular complexity index is 463. The standard InChI is InChI=1S/C15H23N3O3/c1-3-4-5-7-17-14(19)12-6-8-16-13(11-12)15(20)18-9-10-21-2/h6,8,11H,3-5,7,9-10H2,1-2H3,(H,17,19)(H,18,20). The molecule has 0 spiro atoms. The van der Waals surface area contributed by atoms with E-state index in [1.54, 1.807) is 13.2 Å². The van der Waals surface area contributed by atoms with Crippen molar-refractivity contribution in [3.8, 4) is 0 Å². The van der Waals surface area contributed by atoms with E-state index in [0.717, 1.165) is 19.3 Å². The smallest absolute Gasteiger partial charge is 0.269 e. The Morgan fingerprint density at radius 1 is 1.19 bits per heavy atom. The summed E-state index contributed by atoms with van der Waals surface area (Å²) in [6.07, 6.45) is 4.62. The van der Waals surface area contributed by atoms with Crippen LogP contribution in [0.15, 0.2) is 18.3 Å². The summed E-state index contributed by atoms with van der Waals surface area (Å²) in [5.41, 5.74) is 0.672. The van der Waals surface area contributed by atoms with E-state index in [4.69, 9.17) is 4.74 Å². The van der Waals surface area contributed by atoms with Crippen LogP contribution in [-0.4, -0.2) is 43.6 Å². The third-order valence-corrected chi connectivity index (χ3v) is 2.91. The van der Waals surface area contributed by atoms with Crippen LogP contribution in [-0.2, 0) is 4.74 Å². The van der Waals surface area contributed by atoms with Crippen LogP contribution in [0.3, 0.4) is 0 Å². The number of methoxy groups -OCH3 is 1. The van der Waals surface area contributed by atoms with Crippen molar-refractivity contribution in [3.05, 3.63) is 29.6 Å². The Balaban J connectivity index is 2.54. The number of hydrogen-bond donors (Lipinski definition) is 2. The average molecular weight is 293 g/mol. The molecule has 1 rings (SSSR count). The summed E-state index contributed by atoms with van der Waals surface area (Å²) in [7, 11) is 1.56. The number of nitrogens with zero attached hydrogens (tertiary/aromatic N) is 1. The van der Waals surface area contributed by atoms with E-state index < -0.39 is 0 Å². The van der Waals surface area contributed by atoms with Gasteiger partial charge in [-0.15, -0.1) is 0 Å². The van der Waals surface area contributed by atoms with Crippen LogP contribution in [0.4, 0.5) is 0 Å². The molecule has 1 heterocycles. The van der Waals surface area contributed by atoms with Crippen molar-refractivity contribution in [1.29, 1.82) is 0 Å². The van der Waals surface area contributed by atoms with Gasteiger partial charge in [-0.25, -0.2) is 0 Å². The molecule has 0 saturated heterocycles. The fourth-order valence-electron chi connectivity index (χ4n) is 1.73. The first-order valence-electron chi connectivity index (χ1n) is 7.20. The zero-order valence-electron chi connectivity index (χ0n) is 12.6. The third-order valence-electron chi connectivity index (χ3n) is 2.91. The number of pyridine rings is 1. The van der Waals surface area contributed by atoms with Gasteiger partial charge in [0.15, 0.2) is 0 Å². The van der Waals surface area contributed by atoms with Crippen molar-refractivity contribution < 1.29 is 14.3 Å². The first-order valence-corrected chi connectivity index (χ1v) is 7.20. The summed E-state index contributed by atoms with van der Waals surface area (Å²) < 4.78 is 4.85. The van der Waals surface area contributed by atoms with Crippen molar-refractivity contribution in [3.63, 3.8) is 0 Å². The molecule has 116 valence electrons. The van der Waals surface area contributed by atoms with Crippen molar-refractivity contribution in [2.24, 2.45) is 0 Å². The third kappa shape index (κ3) is 6.35. The molecule has 0 saturated carbocycles. The molecule has 0 aliphatic carbocycles. The fourth-order valence-corrected chi connectivity index (χ4v) is 1.73. The lowest BCUT2D eigenvalue weighted by molar-refractivity contribution is 0.0932. The van der Waals surface area contributed by atoms with Crippen LogP contribution in [0.5, 0.6) is 0 Å². The van der Waals surface area contributed by atoms with Crippen LogP contribution in [0, 0.1) is 0 Å². The van der Waals surface area contributed by atoms with E-state index in [1.165, 1.54) is 12.3 Å². The van der Waals surface area contributed by atoms with Gasteiger partial charge in [-0.3, -0.25) is 14.6 Å². The van der Waals surface area contributed by atoms with E-state index in [1.807, 2.05) is 0 Å². The molecule has 0 bridgehead atoms. The number of rotatable bonds is 9. The van der Waals surface area contributed by atoms with E-state index in [9.17, 15) is 9.59 Å². The highest BCUT2D eigenvalue weighted by Crippen LogP contribution is 2.02. The second-order valence-electron chi connectivity index (χ2n) is 4.64. The Kier molecular flexibility index (Phi) is 8.04. The molecular formula is C15H23N3O3. The van der Waals surface area contributed by atoms with Crippen LogP contribution in [0.25, 0.3) is 0 Å². The molecule has 1 aromatic rings. The summed E-state index contributed by atoms with van der Waals surface area (Å²) in [6.45, 7) is 3.59. The minimum atomic E-state index is -0.312. The summed E-state index contributed by atoms with van der Waals surface area (Å²) >= 11 is 0. The molecule has 0 aliphatic rings. The lowest BCUT2D eigenvalue weighted by Crippen LogP contribution is -2.29. The Hall–Kier alpha value is -1.95. The molecule has 0 fully saturated rings. The molecule has 0 unspecified atom stereocenters. The normalized spacial score (nSPS) is 10.2. The highest BCUT2D eigenvalue weighted by molar-refractivity contribution is 5.98. The summed E-state index contributed by atoms with van der Waals surface area (Å²) in [4.78, 5) is 27.8. The summed E-state index contributed by atoms with van der Waals surface area (Å²) in [5, 5.41) is 5.50. The zero-order chi connectivity index (χ0) is 15.5. The van der Waals surface area contributed by atoms with Gasteiger partial charge in [-0.05, 0) is 18.6 Å². The van der Waals surface area contributed by atoms with E-state index in [0.29, 0.717) is 25.3 Å². The number of aromatic nitrogens is 1. The zero-order valence-corrected chi connectivity index (χ0v) is 12.6. The minimum absolute atomic E-state index is 0.181. The molecule has 6 nitrogen and oxygen atoms in total. The van der Waals surface area contributed by atoms with Gasteiger partial charge in [0, 0.05) is 32.0 Å². The minimum Gasteiger partial charge on any atom is -0.383 e. The first-order chi connectivity index (χ1) is 10.2. The fraction of sp³-hybridized carbons (Fsp3) is 0.533. The van der Waals surface area contributed by atoms with Crippen LogP contribution < -0.4 is 10.6 Å². The molecular weight excluding hydrogens is 270 g/mol. The van der Waals surface area contributed by atoms with Gasteiger partial charge in [0.1, 0.15) is 5.69 Å². The highest BCUT2D eigenvalue weighted by atomic mass is 16.5. The predicted octanol–water partition coefficient (Wildman–Crippen LogP) is 1.38. The largest absolute Gasteiger partial charge is 0.383 e. The van der Waals surface area contributed by atoms with Crippen molar-refractivity contribution in [2.75, 3.05) is 26.8 Å². The maximum Gasteiger partial charge on any atom is 0.269 e. The monoisotopic (exact) mass is 293 g/mol. The lowest BCUT2D eigenvalue weighted by atomic mass is 10.2. The number of hydrogen-bond acceptors (Lipinski definition) is 4. The van der Waals surface area contributed by atoms with Gasteiger partial charge in [0.05, 0.1) is 6.61 Å². The quantitative estimate of drug-likeness (QED) is 0.674.